The van der Waals surface area contributed by atoms with Crippen molar-refractivity contribution >= 4 is 23.5 Å². The standard InChI is InChI=1S/C21H27ClN2O5/c1-4-28-20(25)17-13(3)24-16(12-27-11-10-23)19(21(26)29-5-2)18(17)14-8-6-7-9-15(14)22/h6-9,18,24H,4-5,10-12,23H2,1-3H3/t18-/m0/s1. The minimum absolute atomic E-state index is 0.111. The van der Waals surface area contributed by atoms with Crippen LogP contribution in [0.25, 0.3) is 0 Å². The highest BCUT2D eigenvalue weighted by molar-refractivity contribution is 6.31. The molecule has 3 N–H and O–H groups in total. The lowest BCUT2D eigenvalue weighted by Gasteiger charge is -2.31. The summed E-state index contributed by atoms with van der Waals surface area (Å²) < 4.78 is 16.1. The van der Waals surface area contributed by atoms with Gasteiger partial charge >= 0.3 is 11.9 Å². The van der Waals surface area contributed by atoms with E-state index in [4.69, 9.17) is 31.5 Å². The van der Waals surface area contributed by atoms with E-state index in [-0.39, 0.29) is 25.4 Å². The third-order valence-corrected chi connectivity index (χ3v) is 4.70. The molecule has 1 atom stereocenters. The molecule has 0 saturated carbocycles. The molecule has 1 heterocycles. The van der Waals surface area contributed by atoms with Gasteiger partial charge in [0, 0.05) is 17.3 Å². The third-order valence-electron chi connectivity index (χ3n) is 4.36. The summed E-state index contributed by atoms with van der Waals surface area (Å²) in [5.74, 6) is -1.82. The summed E-state index contributed by atoms with van der Waals surface area (Å²) in [7, 11) is 0. The molecule has 0 aromatic heterocycles. The highest BCUT2D eigenvalue weighted by atomic mass is 35.5. The highest BCUT2D eigenvalue weighted by Gasteiger charge is 2.39. The first-order valence-electron chi connectivity index (χ1n) is 9.53. The molecule has 0 amide bonds. The molecule has 0 radical (unpaired) electrons. The van der Waals surface area contributed by atoms with Crippen LogP contribution in [-0.2, 0) is 23.8 Å². The van der Waals surface area contributed by atoms with Crippen molar-refractivity contribution in [3.63, 3.8) is 0 Å². The quantitative estimate of drug-likeness (QED) is 0.466. The molecular weight excluding hydrogens is 396 g/mol. The van der Waals surface area contributed by atoms with Crippen molar-refractivity contribution in [2.75, 3.05) is 33.0 Å². The number of hydrogen-bond donors (Lipinski definition) is 2. The summed E-state index contributed by atoms with van der Waals surface area (Å²) in [6, 6.07) is 7.08. The van der Waals surface area contributed by atoms with Gasteiger partial charge in [-0.25, -0.2) is 9.59 Å². The topological polar surface area (TPSA) is 99.9 Å². The van der Waals surface area contributed by atoms with E-state index in [1.165, 1.54) is 0 Å². The Kier molecular flexibility index (Phi) is 8.70. The maximum absolute atomic E-state index is 13.0. The van der Waals surface area contributed by atoms with Crippen molar-refractivity contribution in [1.29, 1.82) is 0 Å². The highest BCUT2D eigenvalue weighted by Crippen LogP contribution is 2.41. The molecule has 0 spiro atoms. The molecule has 1 aromatic carbocycles. The first-order chi connectivity index (χ1) is 14.0. The van der Waals surface area contributed by atoms with Crippen LogP contribution in [0.15, 0.2) is 46.8 Å². The fourth-order valence-electron chi connectivity index (χ4n) is 3.22. The molecule has 7 nitrogen and oxygen atoms in total. The Morgan fingerprint density at radius 3 is 2.31 bits per heavy atom. The van der Waals surface area contributed by atoms with Gasteiger partial charge in [-0.15, -0.1) is 0 Å². The Bertz CT molecular complexity index is 819. The van der Waals surface area contributed by atoms with Gasteiger partial charge in [0.1, 0.15) is 0 Å². The van der Waals surface area contributed by atoms with Crippen molar-refractivity contribution in [2.45, 2.75) is 26.7 Å². The number of allylic oxidation sites excluding steroid dienone is 1. The smallest absolute Gasteiger partial charge is 0.336 e. The van der Waals surface area contributed by atoms with Crippen molar-refractivity contribution in [3.8, 4) is 0 Å². The molecular formula is C21H27ClN2O5. The second kappa shape index (κ2) is 11.0. The minimum Gasteiger partial charge on any atom is -0.463 e. The zero-order valence-electron chi connectivity index (χ0n) is 16.9. The van der Waals surface area contributed by atoms with Crippen LogP contribution in [0.4, 0.5) is 0 Å². The van der Waals surface area contributed by atoms with Crippen LogP contribution in [0.5, 0.6) is 0 Å². The van der Waals surface area contributed by atoms with Gasteiger partial charge in [0.25, 0.3) is 0 Å². The molecule has 1 aliphatic heterocycles. The Hall–Kier alpha value is -2.35. The van der Waals surface area contributed by atoms with Gasteiger partial charge in [-0.3, -0.25) is 0 Å². The van der Waals surface area contributed by atoms with E-state index >= 15 is 0 Å². The average Bonchev–Trinajstić information content (AvgIpc) is 2.68. The predicted molar refractivity (Wildman–Crippen MR) is 110 cm³/mol. The number of ether oxygens (including phenoxy) is 3. The normalized spacial score (nSPS) is 16.5. The van der Waals surface area contributed by atoms with Crippen molar-refractivity contribution in [3.05, 3.63) is 57.4 Å². The van der Waals surface area contributed by atoms with E-state index in [2.05, 4.69) is 5.32 Å². The average molecular weight is 423 g/mol. The summed E-state index contributed by atoms with van der Waals surface area (Å²) in [6.07, 6.45) is 0. The molecule has 2 rings (SSSR count). The Morgan fingerprint density at radius 1 is 1.10 bits per heavy atom. The number of esters is 2. The molecule has 158 valence electrons. The van der Waals surface area contributed by atoms with Gasteiger partial charge in [-0.05, 0) is 32.4 Å². The van der Waals surface area contributed by atoms with Gasteiger partial charge in [0.15, 0.2) is 0 Å². The molecule has 0 unspecified atom stereocenters. The Balaban J connectivity index is 2.67. The SMILES string of the molecule is CCOC(=O)C1=C(C)NC(COCCN)=C(C(=O)OCC)[C@H]1c1ccccc1Cl. The predicted octanol–water partition coefficient (Wildman–Crippen LogP) is 2.66. The molecule has 1 aromatic rings. The number of nitrogens with one attached hydrogen (secondary N) is 1. The van der Waals surface area contributed by atoms with Crippen LogP contribution >= 0.6 is 11.6 Å². The van der Waals surface area contributed by atoms with Crippen LogP contribution in [0.1, 0.15) is 32.3 Å². The lowest BCUT2D eigenvalue weighted by atomic mass is 9.80. The van der Waals surface area contributed by atoms with Crippen molar-refractivity contribution in [2.24, 2.45) is 5.73 Å². The third kappa shape index (κ3) is 5.38. The summed E-state index contributed by atoms with van der Waals surface area (Å²) >= 11 is 6.46. The summed E-state index contributed by atoms with van der Waals surface area (Å²) in [6.45, 7) is 6.37. The summed E-state index contributed by atoms with van der Waals surface area (Å²) in [5, 5.41) is 3.55. The largest absolute Gasteiger partial charge is 0.463 e. The lowest BCUT2D eigenvalue weighted by Crippen LogP contribution is -2.35. The number of benzene rings is 1. The molecule has 0 bridgehead atoms. The van der Waals surface area contributed by atoms with E-state index < -0.39 is 17.9 Å². The summed E-state index contributed by atoms with van der Waals surface area (Å²) in [4.78, 5) is 25.8. The van der Waals surface area contributed by atoms with Crippen LogP contribution in [0.2, 0.25) is 5.02 Å². The van der Waals surface area contributed by atoms with Gasteiger partial charge in [0.05, 0.1) is 49.2 Å². The van der Waals surface area contributed by atoms with Crippen LogP contribution < -0.4 is 11.1 Å². The zero-order valence-corrected chi connectivity index (χ0v) is 17.7. The van der Waals surface area contributed by atoms with E-state index in [1.807, 2.05) is 0 Å². The molecule has 0 fully saturated rings. The van der Waals surface area contributed by atoms with E-state index in [9.17, 15) is 9.59 Å². The molecule has 29 heavy (non-hydrogen) atoms. The monoisotopic (exact) mass is 422 g/mol. The fraction of sp³-hybridized carbons (Fsp3) is 0.429. The van der Waals surface area contributed by atoms with E-state index in [0.717, 1.165) is 0 Å². The van der Waals surface area contributed by atoms with Gasteiger partial charge in [-0.1, -0.05) is 29.8 Å². The number of rotatable bonds is 9. The first-order valence-corrected chi connectivity index (χ1v) is 9.91. The number of carbonyl (C=O) groups is 2. The second-order valence-electron chi connectivity index (χ2n) is 6.29. The number of halogens is 1. The Labute approximate surface area is 175 Å². The molecule has 0 saturated heterocycles. The van der Waals surface area contributed by atoms with Gasteiger partial charge in [0.2, 0.25) is 0 Å². The maximum Gasteiger partial charge on any atom is 0.336 e. The molecule has 0 aliphatic carbocycles. The lowest BCUT2D eigenvalue weighted by molar-refractivity contribution is -0.139. The van der Waals surface area contributed by atoms with Crippen molar-refractivity contribution in [1.82, 2.24) is 5.32 Å². The number of dihydropyridines is 1. The van der Waals surface area contributed by atoms with Gasteiger partial charge in [-0.2, -0.15) is 0 Å². The fourth-order valence-corrected chi connectivity index (χ4v) is 3.46. The van der Waals surface area contributed by atoms with Crippen LogP contribution in [-0.4, -0.2) is 44.9 Å². The number of nitrogens with two attached hydrogens (primary N) is 1. The number of carbonyl (C=O) groups excluding carboxylic acids is 2. The van der Waals surface area contributed by atoms with E-state index in [1.54, 1.807) is 45.0 Å². The van der Waals surface area contributed by atoms with Gasteiger partial charge < -0.3 is 25.3 Å². The first kappa shape index (κ1) is 22.9. The molecule has 1 aliphatic rings. The second-order valence-corrected chi connectivity index (χ2v) is 6.70. The minimum atomic E-state index is -0.750. The maximum atomic E-state index is 13.0. The molecule has 8 heteroatoms. The van der Waals surface area contributed by atoms with Crippen molar-refractivity contribution < 1.29 is 23.8 Å². The Morgan fingerprint density at radius 2 is 1.72 bits per heavy atom. The van der Waals surface area contributed by atoms with E-state index in [0.29, 0.717) is 40.7 Å². The van der Waals surface area contributed by atoms with Crippen LogP contribution in [0, 0.1) is 0 Å². The summed E-state index contributed by atoms with van der Waals surface area (Å²) in [5.41, 5.74) is 7.76. The zero-order chi connectivity index (χ0) is 21.4. The van der Waals surface area contributed by atoms with Crippen LogP contribution in [0.3, 0.4) is 0 Å². The number of hydrogen-bond acceptors (Lipinski definition) is 7.